The summed E-state index contributed by atoms with van der Waals surface area (Å²) in [6.07, 6.45) is -3.83. The van der Waals surface area contributed by atoms with Gasteiger partial charge in [-0.25, -0.2) is 0 Å². The minimum atomic E-state index is -4.57. The van der Waals surface area contributed by atoms with Crippen LogP contribution >= 0.6 is 0 Å². The largest absolute Gasteiger partial charge is 0.469 e. The summed E-state index contributed by atoms with van der Waals surface area (Å²) in [6, 6.07) is 0.664. The van der Waals surface area contributed by atoms with Gasteiger partial charge >= 0.3 is 12.1 Å². The fraction of sp³-hybridized carbons (Fsp3) is 0.273. The lowest BCUT2D eigenvalue weighted by atomic mass is 10.3. The Balaban J connectivity index is 2.03. The highest BCUT2D eigenvalue weighted by atomic mass is 19.4. The Morgan fingerprint density at radius 1 is 1.41 bits per heavy atom. The van der Waals surface area contributed by atoms with E-state index in [1.807, 2.05) is 4.98 Å². The molecule has 0 aliphatic heterocycles. The number of methoxy groups -OCH3 is 1. The number of aromatic nitrogens is 4. The number of hydrogen-bond donors (Lipinski definition) is 3. The van der Waals surface area contributed by atoms with Crippen molar-refractivity contribution in [2.75, 3.05) is 12.4 Å². The molecule has 2 aromatic heterocycles. The number of aromatic amines is 2. The molecule has 0 aliphatic rings. The summed E-state index contributed by atoms with van der Waals surface area (Å²) in [5.41, 5.74) is -1.27. The zero-order valence-electron chi connectivity index (χ0n) is 11.1. The highest BCUT2D eigenvalue weighted by molar-refractivity contribution is 6.03. The molecule has 118 valence electrons. The van der Waals surface area contributed by atoms with Crippen LogP contribution in [-0.4, -0.2) is 39.2 Å². The molecule has 0 saturated heterocycles. The van der Waals surface area contributed by atoms with Crippen LogP contribution < -0.4 is 5.32 Å². The maximum atomic E-state index is 12.4. The molecule has 8 nitrogen and oxygen atoms in total. The molecule has 0 bridgehead atoms. The number of nitrogens with one attached hydrogen (secondary N) is 3. The van der Waals surface area contributed by atoms with E-state index < -0.39 is 23.7 Å². The van der Waals surface area contributed by atoms with Crippen molar-refractivity contribution in [3.63, 3.8) is 0 Å². The van der Waals surface area contributed by atoms with Crippen LogP contribution in [0, 0.1) is 0 Å². The normalized spacial score (nSPS) is 11.3. The third-order valence-corrected chi connectivity index (χ3v) is 2.55. The Bertz CT molecular complexity index is 691. The molecule has 2 aromatic rings. The maximum absolute atomic E-state index is 12.4. The van der Waals surface area contributed by atoms with Gasteiger partial charge in [0, 0.05) is 6.20 Å². The van der Waals surface area contributed by atoms with E-state index in [-0.39, 0.29) is 23.8 Å². The lowest BCUT2D eigenvalue weighted by Crippen LogP contribution is -2.12. The molecule has 0 aliphatic carbocycles. The van der Waals surface area contributed by atoms with Crippen molar-refractivity contribution in [3.8, 4) is 0 Å². The average Bonchev–Trinajstić information content (AvgIpc) is 3.07. The first-order valence-corrected chi connectivity index (χ1v) is 5.84. The van der Waals surface area contributed by atoms with E-state index in [4.69, 9.17) is 0 Å². The monoisotopic (exact) mass is 317 g/mol. The molecule has 2 rings (SSSR count). The highest BCUT2D eigenvalue weighted by Gasteiger charge is 2.33. The summed E-state index contributed by atoms with van der Waals surface area (Å²) >= 11 is 0. The van der Waals surface area contributed by atoms with Gasteiger partial charge in [0.15, 0.2) is 0 Å². The van der Waals surface area contributed by atoms with Crippen molar-refractivity contribution < 1.29 is 27.5 Å². The molecule has 3 N–H and O–H groups in total. The number of ether oxygens (including phenoxy) is 1. The van der Waals surface area contributed by atoms with E-state index in [9.17, 15) is 22.8 Å². The molecule has 0 unspecified atom stereocenters. The lowest BCUT2D eigenvalue weighted by Gasteiger charge is -2.01. The number of carbonyl (C=O) groups is 2. The number of anilines is 1. The number of rotatable bonds is 4. The molecule has 0 fully saturated rings. The summed E-state index contributed by atoms with van der Waals surface area (Å²) in [4.78, 5) is 28.5. The number of halogens is 3. The average molecular weight is 317 g/mol. The molecular formula is C11H10F3N5O3. The van der Waals surface area contributed by atoms with E-state index in [0.717, 1.165) is 6.20 Å². The lowest BCUT2D eigenvalue weighted by molar-refractivity contribution is -0.141. The zero-order chi connectivity index (χ0) is 16.3. The van der Waals surface area contributed by atoms with Gasteiger partial charge in [0.1, 0.15) is 17.9 Å². The number of nitrogens with zero attached hydrogens (tertiary/aromatic N) is 2. The summed E-state index contributed by atoms with van der Waals surface area (Å²) in [7, 11) is 1.20. The zero-order valence-corrected chi connectivity index (χ0v) is 11.1. The van der Waals surface area contributed by atoms with Crippen molar-refractivity contribution in [1.29, 1.82) is 0 Å². The first-order valence-electron chi connectivity index (χ1n) is 5.84. The van der Waals surface area contributed by atoms with Crippen LogP contribution in [0.2, 0.25) is 0 Å². The molecular weight excluding hydrogens is 307 g/mol. The Morgan fingerprint density at radius 3 is 2.73 bits per heavy atom. The van der Waals surface area contributed by atoms with Gasteiger partial charge in [-0.05, 0) is 6.07 Å². The molecule has 11 heteroatoms. The summed E-state index contributed by atoms with van der Waals surface area (Å²) in [5, 5.41) is 8.21. The second-order valence-corrected chi connectivity index (χ2v) is 4.11. The molecule has 22 heavy (non-hydrogen) atoms. The first kappa shape index (κ1) is 15.5. The van der Waals surface area contributed by atoms with Crippen molar-refractivity contribution in [2.24, 2.45) is 0 Å². The number of H-pyrrole nitrogens is 2. The van der Waals surface area contributed by atoms with Gasteiger partial charge in [0.2, 0.25) is 5.95 Å². The van der Waals surface area contributed by atoms with E-state index in [0.29, 0.717) is 6.07 Å². The summed E-state index contributed by atoms with van der Waals surface area (Å²) < 4.78 is 41.7. The molecule has 0 radical (unpaired) electrons. The van der Waals surface area contributed by atoms with Crippen LogP contribution in [0.5, 0.6) is 0 Å². The minimum Gasteiger partial charge on any atom is -0.469 e. The smallest absolute Gasteiger partial charge is 0.431 e. The molecule has 2 heterocycles. The Labute approximate surface area is 121 Å². The van der Waals surface area contributed by atoms with Crippen molar-refractivity contribution >= 4 is 17.8 Å². The van der Waals surface area contributed by atoms with Gasteiger partial charge in [-0.3, -0.25) is 20.0 Å². The third kappa shape index (κ3) is 3.62. The minimum absolute atomic E-state index is 0.146. The van der Waals surface area contributed by atoms with Crippen molar-refractivity contribution in [3.05, 3.63) is 29.3 Å². The van der Waals surface area contributed by atoms with Crippen LogP contribution in [0.3, 0.4) is 0 Å². The van der Waals surface area contributed by atoms with Gasteiger partial charge in [-0.15, -0.1) is 5.10 Å². The number of amides is 1. The number of esters is 1. The van der Waals surface area contributed by atoms with Crippen molar-refractivity contribution in [2.45, 2.75) is 12.6 Å². The third-order valence-electron chi connectivity index (χ3n) is 2.55. The Hall–Kier alpha value is -2.85. The van der Waals surface area contributed by atoms with Crippen LogP contribution in [-0.2, 0) is 22.1 Å². The SMILES string of the molecule is COC(=O)Cc1nc(NC(=O)c2c[nH]c(C(F)(F)F)c2)n[nH]1. The highest BCUT2D eigenvalue weighted by Crippen LogP contribution is 2.28. The van der Waals surface area contributed by atoms with E-state index in [2.05, 4.69) is 25.2 Å². The fourth-order valence-corrected chi connectivity index (χ4v) is 1.50. The van der Waals surface area contributed by atoms with E-state index in [1.54, 1.807) is 0 Å². The van der Waals surface area contributed by atoms with Gasteiger partial charge < -0.3 is 9.72 Å². The quantitative estimate of drug-likeness (QED) is 0.731. The van der Waals surface area contributed by atoms with Crippen LogP contribution in [0.25, 0.3) is 0 Å². The second kappa shape index (κ2) is 5.87. The van der Waals surface area contributed by atoms with Gasteiger partial charge in [0.05, 0.1) is 12.7 Å². The van der Waals surface area contributed by atoms with Gasteiger partial charge in [-0.2, -0.15) is 18.2 Å². The number of carbonyl (C=O) groups excluding carboxylic acids is 2. The van der Waals surface area contributed by atoms with Crippen LogP contribution in [0.4, 0.5) is 19.1 Å². The molecule has 0 saturated carbocycles. The first-order chi connectivity index (χ1) is 10.3. The van der Waals surface area contributed by atoms with Crippen LogP contribution in [0.1, 0.15) is 21.9 Å². The predicted molar refractivity (Wildman–Crippen MR) is 65.9 cm³/mol. The summed E-state index contributed by atoms with van der Waals surface area (Å²) in [6.45, 7) is 0. The molecule has 0 atom stereocenters. The van der Waals surface area contributed by atoms with Gasteiger partial charge in [-0.1, -0.05) is 0 Å². The Morgan fingerprint density at radius 2 is 2.14 bits per heavy atom. The summed E-state index contributed by atoms with van der Waals surface area (Å²) in [5.74, 6) is -1.41. The molecule has 0 spiro atoms. The van der Waals surface area contributed by atoms with E-state index in [1.165, 1.54) is 7.11 Å². The number of hydrogen-bond acceptors (Lipinski definition) is 5. The molecule has 0 aromatic carbocycles. The van der Waals surface area contributed by atoms with Crippen molar-refractivity contribution in [1.82, 2.24) is 20.2 Å². The topological polar surface area (TPSA) is 113 Å². The standard InChI is InChI=1S/C11H10F3N5O3/c1-22-8(20)3-7-16-10(19-18-7)17-9(21)5-2-6(15-4-5)11(12,13)14/h2,4,15H,3H2,1H3,(H2,16,17,18,19,21). The molecule has 1 amide bonds. The van der Waals surface area contributed by atoms with Crippen LogP contribution in [0.15, 0.2) is 12.3 Å². The Kier molecular flexibility index (Phi) is 4.15. The predicted octanol–water partition coefficient (Wildman–Crippen LogP) is 1.12. The second-order valence-electron chi connectivity index (χ2n) is 4.11. The van der Waals surface area contributed by atoms with Gasteiger partial charge in [0.25, 0.3) is 5.91 Å². The van der Waals surface area contributed by atoms with E-state index >= 15 is 0 Å². The maximum Gasteiger partial charge on any atom is 0.431 e. The number of alkyl halides is 3. The fourth-order valence-electron chi connectivity index (χ4n) is 1.50.